The molecule has 0 spiro atoms. The predicted octanol–water partition coefficient (Wildman–Crippen LogP) is 1.65. The minimum Gasteiger partial charge on any atom is -0.370 e. The Morgan fingerprint density at radius 1 is 1.33 bits per heavy atom. The number of rotatable bonds is 7. The average Bonchev–Trinajstić information content (AvgIpc) is 2.92. The number of anilines is 2. The lowest BCUT2D eigenvalue weighted by Gasteiger charge is -2.09. The number of aromatic nitrogens is 4. The minimum absolute atomic E-state index is 0.0702. The first kappa shape index (κ1) is 14.7. The lowest BCUT2D eigenvalue weighted by atomic mass is 10.3. The summed E-state index contributed by atoms with van der Waals surface area (Å²) in [6, 6.07) is 3.01. The third-order valence-corrected chi connectivity index (χ3v) is 2.88. The summed E-state index contributed by atoms with van der Waals surface area (Å²) in [6.07, 6.45) is 1.62. The first-order valence-electron chi connectivity index (χ1n) is 6.65. The summed E-state index contributed by atoms with van der Waals surface area (Å²) >= 11 is 0. The zero-order chi connectivity index (χ0) is 15.2. The van der Waals surface area contributed by atoms with Crippen LogP contribution in [0.5, 0.6) is 0 Å². The van der Waals surface area contributed by atoms with Crippen LogP contribution in [-0.4, -0.2) is 31.2 Å². The Kier molecular flexibility index (Phi) is 4.64. The van der Waals surface area contributed by atoms with Gasteiger partial charge in [0.25, 0.3) is 0 Å². The molecule has 0 aromatic carbocycles. The zero-order valence-electron chi connectivity index (χ0n) is 11.9. The van der Waals surface area contributed by atoms with Crippen molar-refractivity contribution in [3.63, 3.8) is 0 Å². The summed E-state index contributed by atoms with van der Waals surface area (Å²) in [4.78, 5) is 14.8. The molecule has 0 amide bonds. The Morgan fingerprint density at radius 2 is 2.14 bits per heavy atom. The lowest BCUT2D eigenvalue weighted by Crippen LogP contribution is -2.11. The molecule has 0 saturated heterocycles. The standard InChI is InChI=1S/C12H17N7O2/c1-3-13-10-6-5-9(19(20)21)12(16-10)14-7-11-17-15-8-18(11)4-2/h5-6,8H,3-4,7H2,1-2H3,(H2,13,14,16). The summed E-state index contributed by atoms with van der Waals surface area (Å²) in [7, 11) is 0. The van der Waals surface area contributed by atoms with Crippen LogP contribution in [0.2, 0.25) is 0 Å². The topological polar surface area (TPSA) is 111 Å². The Labute approximate surface area is 121 Å². The van der Waals surface area contributed by atoms with Gasteiger partial charge in [-0.1, -0.05) is 0 Å². The molecule has 0 fully saturated rings. The molecular weight excluding hydrogens is 274 g/mol. The van der Waals surface area contributed by atoms with Crippen LogP contribution in [0.25, 0.3) is 0 Å². The van der Waals surface area contributed by atoms with Gasteiger partial charge < -0.3 is 15.2 Å². The van der Waals surface area contributed by atoms with Gasteiger partial charge in [-0.25, -0.2) is 4.98 Å². The smallest absolute Gasteiger partial charge is 0.311 e. The molecule has 2 aromatic rings. The van der Waals surface area contributed by atoms with Gasteiger partial charge in [-0.3, -0.25) is 10.1 Å². The van der Waals surface area contributed by atoms with Crippen molar-refractivity contribution in [1.29, 1.82) is 0 Å². The zero-order valence-corrected chi connectivity index (χ0v) is 11.9. The summed E-state index contributed by atoms with van der Waals surface area (Å²) < 4.78 is 1.85. The predicted molar refractivity (Wildman–Crippen MR) is 78.1 cm³/mol. The Bertz CT molecular complexity index is 626. The van der Waals surface area contributed by atoms with Gasteiger partial charge in [-0.15, -0.1) is 10.2 Å². The van der Waals surface area contributed by atoms with Crippen molar-refractivity contribution in [2.75, 3.05) is 17.2 Å². The van der Waals surface area contributed by atoms with Gasteiger partial charge in [0.05, 0.1) is 11.5 Å². The van der Waals surface area contributed by atoms with Crippen molar-refractivity contribution in [3.05, 3.63) is 34.4 Å². The SMILES string of the molecule is CCNc1ccc([N+](=O)[O-])c(NCc2nncn2CC)n1. The van der Waals surface area contributed by atoms with Crippen LogP contribution in [0.3, 0.4) is 0 Å². The molecule has 112 valence electrons. The number of hydrogen-bond donors (Lipinski definition) is 2. The molecule has 0 bridgehead atoms. The van der Waals surface area contributed by atoms with Gasteiger partial charge in [0.2, 0.25) is 5.82 Å². The van der Waals surface area contributed by atoms with Crippen LogP contribution in [0, 0.1) is 10.1 Å². The second-order valence-corrected chi connectivity index (χ2v) is 4.24. The van der Waals surface area contributed by atoms with Crippen molar-refractivity contribution in [2.24, 2.45) is 0 Å². The minimum atomic E-state index is -0.463. The van der Waals surface area contributed by atoms with E-state index in [0.717, 1.165) is 6.54 Å². The van der Waals surface area contributed by atoms with Crippen molar-refractivity contribution in [3.8, 4) is 0 Å². The van der Waals surface area contributed by atoms with E-state index in [9.17, 15) is 10.1 Å². The highest BCUT2D eigenvalue weighted by atomic mass is 16.6. The van der Waals surface area contributed by atoms with Gasteiger partial charge in [-0.2, -0.15) is 0 Å². The number of aryl methyl sites for hydroxylation is 1. The normalized spacial score (nSPS) is 10.4. The van der Waals surface area contributed by atoms with Gasteiger partial charge >= 0.3 is 5.69 Å². The van der Waals surface area contributed by atoms with Crippen LogP contribution in [0.4, 0.5) is 17.3 Å². The quantitative estimate of drug-likeness (QED) is 0.589. The molecule has 0 radical (unpaired) electrons. The van der Waals surface area contributed by atoms with Gasteiger partial charge in [-0.05, 0) is 19.9 Å². The molecule has 0 unspecified atom stereocenters. The number of nitro groups is 1. The first-order valence-corrected chi connectivity index (χ1v) is 6.65. The molecular formula is C12H17N7O2. The van der Waals surface area contributed by atoms with E-state index in [1.807, 2.05) is 18.4 Å². The Hall–Kier alpha value is -2.71. The number of nitrogens with zero attached hydrogens (tertiary/aromatic N) is 5. The van der Waals surface area contributed by atoms with E-state index in [4.69, 9.17) is 0 Å². The maximum absolute atomic E-state index is 11.0. The third-order valence-electron chi connectivity index (χ3n) is 2.88. The first-order chi connectivity index (χ1) is 10.2. The van der Waals surface area contributed by atoms with Crippen molar-refractivity contribution >= 4 is 17.3 Å². The second kappa shape index (κ2) is 6.64. The fourth-order valence-electron chi connectivity index (χ4n) is 1.85. The highest BCUT2D eigenvalue weighted by Gasteiger charge is 2.16. The molecule has 0 saturated carbocycles. The molecule has 21 heavy (non-hydrogen) atoms. The molecule has 0 aliphatic heterocycles. The molecule has 2 aromatic heterocycles. The van der Waals surface area contributed by atoms with Crippen LogP contribution in [0.1, 0.15) is 19.7 Å². The van der Waals surface area contributed by atoms with E-state index in [0.29, 0.717) is 24.7 Å². The third kappa shape index (κ3) is 3.44. The fraction of sp³-hybridized carbons (Fsp3) is 0.417. The summed E-state index contributed by atoms with van der Waals surface area (Å²) in [6.45, 7) is 5.64. The molecule has 9 heteroatoms. The van der Waals surface area contributed by atoms with Crippen LogP contribution in [0.15, 0.2) is 18.5 Å². The molecule has 2 rings (SSSR count). The highest BCUT2D eigenvalue weighted by molar-refractivity contribution is 5.60. The number of hydrogen-bond acceptors (Lipinski definition) is 7. The van der Waals surface area contributed by atoms with E-state index >= 15 is 0 Å². The van der Waals surface area contributed by atoms with Gasteiger partial charge in [0.15, 0.2) is 5.82 Å². The average molecular weight is 291 g/mol. The largest absolute Gasteiger partial charge is 0.370 e. The van der Waals surface area contributed by atoms with Crippen molar-refractivity contribution in [1.82, 2.24) is 19.7 Å². The molecule has 2 N–H and O–H groups in total. The fourth-order valence-corrected chi connectivity index (χ4v) is 1.85. The lowest BCUT2D eigenvalue weighted by molar-refractivity contribution is -0.384. The highest BCUT2D eigenvalue weighted by Crippen LogP contribution is 2.24. The van der Waals surface area contributed by atoms with Crippen molar-refractivity contribution < 1.29 is 4.92 Å². The van der Waals surface area contributed by atoms with E-state index in [1.54, 1.807) is 12.4 Å². The maximum atomic E-state index is 11.0. The molecule has 2 heterocycles. The Morgan fingerprint density at radius 3 is 2.81 bits per heavy atom. The van der Waals surface area contributed by atoms with Crippen molar-refractivity contribution in [2.45, 2.75) is 26.9 Å². The van der Waals surface area contributed by atoms with E-state index in [2.05, 4.69) is 25.8 Å². The Balaban J connectivity index is 2.20. The van der Waals surface area contributed by atoms with Gasteiger partial charge in [0.1, 0.15) is 12.1 Å². The van der Waals surface area contributed by atoms with E-state index < -0.39 is 4.92 Å². The number of nitrogens with one attached hydrogen (secondary N) is 2. The maximum Gasteiger partial charge on any atom is 0.311 e. The second-order valence-electron chi connectivity index (χ2n) is 4.24. The van der Waals surface area contributed by atoms with Crippen LogP contribution >= 0.6 is 0 Å². The number of pyridine rings is 1. The molecule has 9 nitrogen and oxygen atoms in total. The van der Waals surface area contributed by atoms with E-state index in [-0.39, 0.29) is 11.5 Å². The monoisotopic (exact) mass is 291 g/mol. The molecule has 0 atom stereocenters. The molecule has 0 aliphatic rings. The van der Waals surface area contributed by atoms with Crippen LogP contribution < -0.4 is 10.6 Å². The van der Waals surface area contributed by atoms with Crippen LogP contribution in [-0.2, 0) is 13.1 Å². The van der Waals surface area contributed by atoms with E-state index in [1.165, 1.54) is 6.07 Å². The summed E-state index contributed by atoms with van der Waals surface area (Å²) in [5, 5.41) is 24.8. The summed E-state index contributed by atoms with van der Waals surface area (Å²) in [5.74, 6) is 1.49. The summed E-state index contributed by atoms with van der Waals surface area (Å²) in [5.41, 5.74) is -0.0702. The van der Waals surface area contributed by atoms with Gasteiger partial charge in [0, 0.05) is 19.2 Å². The molecule has 0 aliphatic carbocycles.